The lowest BCUT2D eigenvalue weighted by Gasteiger charge is -2.34. The third-order valence-corrected chi connectivity index (χ3v) is 4.47. The highest BCUT2D eigenvalue weighted by Gasteiger charge is 2.25. The van der Waals surface area contributed by atoms with Crippen molar-refractivity contribution in [1.82, 2.24) is 20.2 Å². The largest absolute Gasteiger partial charge is 0.395 e. The molecule has 3 rings (SSSR count). The average molecular weight is 335 g/mol. The molecule has 23 heavy (non-hydrogen) atoms. The molecule has 1 aromatic rings. The summed E-state index contributed by atoms with van der Waals surface area (Å²) in [7, 11) is 0. The lowest BCUT2D eigenvalue weighted by atomic mass is 10.3. The van der Waals surface area contributed by atoms with Crippen LogP contribution in [0.25, 0.3) is 6.08 Å². The number of carbonyl (C=O) groups is 2. The number of aliphatic hydroxyl groups excluding tert-OH is 1. The first-order chi connectivity index (χ1) is 11.2. The van der Waals surface area contributed by atoms with Crippen LogP contribution in [0.4, 0.5) is 10.7 Å². The first kappa shape index (κ1) is 15.9. The van der Waals surface area contributed by atoms with Gasteiger partial charge in [0.1, 0.15) is 0 Å². The molecule has 0 saturated carbocycles. The molecular formula is C14H17N5O3S. The van der Waals surface area contributed by atoms with Gasteiger partial charge in [-0.2, -0.15) is 0 Å². The topological polar surface area (TPSA) is 98.7 Å². The third-order valence-electron chi connectivity index (χ3n) is 3.66. The van der Waals surface area contributed by atoms with Gasteiger partial charge in [0, 0.05) is 38.9 Å². The van der Waals surface area contributed by atoms with E-state index in [-0.39, 0.29) is 11.8 Å². The smallest absolute Gasteiger partial charge is 0.290 e. The molecule has 0 unspecified atom stereocenters. The maximum atomic E-state index is 11.6. The predicted molar refractivity (Wildman–Crippen MR) is 86.9 cm³/mol. The summed E-state index contributed by atoms with van der Waals surface area (Å²) in [6, 6.07) is 1.70. The maximum absolute atomic E-state index is 11.6. The number of nitrogens with zero attached hydrogens (tertiary/aromatic N) is 4. The van der Waals surface area contributed by atoms with Gasteiger partial charge in [-0.1, -0.05) is 0 Å². The van der Waals surface area contributed by atoms with Crippen molar-refractivity contribution in [2.24, 2.45) is 0 Å². The van der Waals surface area contributed by atoms with Crippen molar-refractivity contribution in [1.29, 1.82) is 0 Å². The number of nitrogens with one attached hydrogen (secondary N) is 1. The second-order valence-electron chi connectivity index (χ2n) is 5.19. The molecule has 0 bridgehead atoms. The minimum atomic E-state index is -0.391. The minimum absolute atomic E-state index is 0.165. The van der Waals surface area contributed by atoms with Crippen LogP contribution in [0.5, 0.6) is 0 Å². The molecule has 0 radical (unpaired) electrons. The van der Waals surface area contributed by atoms with E-state index in [1.807, 2.05) is 0 Å². The Balaban J connectivity index is 1.70. The average Bonchev–Trinajstić information content (AvgIpc) is 2.86. The summed E-state index contributed by atoms with van der Waals surface area (Å²) in [6.45, 7) is 4.12. The van der Waals surface area contributed by atoms with Crippen LogP contribution < -0.4 is 10.2 Å². The van der Waals surface area contributed by atoms with E-state index in [1.165, 1.54) is 0 Å². The molecule has 122 valence electrons. The quantitative estimate of drug-likeness (QED) is 0.737. The molecule has 2 saturated heterocycles. The van der Waals surface area contributed by atoms with E-state index in [2.05, 4.69) is 25.1 Å². The summed E-state index contributed by atoms with van der Waals surface area (Å²) < 4.78 is 0. The van der Waals surface area contributed by atoms with Gasteiger partial charge >= 0.3 is 0 Å². The van der Waals surface area contributed by atoms with Crippen molar-refractivity contribution in [3.8, 4) is 0 Å². The Kier molecular flexibility index (Phi) is 4.89. The van der Waals surface area contributed by atoms with Crippen LogP contribution in [-0.4, -0.2) is 70.5 Å². The van der Waals surface area contributed by atoms with Gasteiger partial charge in [0.15, 0.2) is 0 Å². The highest BCUT2D eigenvalue weighted by Crippen LogP contribution is 2.25. The van der Waals surface area contributed by atoms with Gasteiger partial charge < -0.3 is 10.0 Å². The molecule has 0 aromatic carbocycles. The summed E-state index contributed by atoms with van der Waals surface area (Å²) in [5.74, 6) is 0.218. The maximum Gasteiger partial charge on any atom is 0.290 e. The molecule has 0 atom stereocenters. The predicted octanol–water partition coefficient (Wildman–Crippen LogP) is -0.0852. The van der Waals surface area contributed by atoms with Crippen molar-refractivity contribution in [2.75, 3.05) is 44.2 Å². The van der Waals surface area contributed by atoms with E-state index in [4.69, 9.17) is 5.11 Å². The van der Waals surface area contributed by atoms with Crippen LogP contribution in [0.1, 0.15) is 5.69 Å². The Labute approximate surface area is 137 Å². The number of rotatable bonds is 4. The lowest BCUT2D eigenvalue weighted by Crippen LogP contribution is -2.47. The minimum Gasteiger partial charge on any atom is -0.395 e. The number of β-amino-alcohol motifs (C(OH)–C–C–N with tert-alkyl or cyclic N) is 1. The van der Waals surface area contributed by atoms with Crippen LogP contribution >= 0.6 is 11.8 Å². The van der Waals surface area contributed by atoms with Gasteiger partial charge in [-0.05, 0) is 23.9 Å². The molecule has 2 amide bonds. The molecule has 8 nitrogen and oxygen atoms in total. The summed E-state index contributed by atoms with van der Waals surface area (Å²) in [5.41, 5.74) is 0.597. The van der Waals surface area contributed by atoms with Gasteiger partial charge in [0.05, 0.1) is 17.2 Å². The first-order valence-corrected chi connectivity index (χ1v) is 8.13. The first-order valence-electron chi connectivity index (χ1n) is 7.32. The molecule has 2 aliphatic rings. The Morgan fingerprint density at radius 1 is 1.30 bits per heavy atom. The van der Waals surface area contributed by atoms with Gasteiger partial charge in [0.2, 0.25) is 5.95 Å². The molecule has 1 aromatic heterocycles. The summed E-state index contributed by atoms with van der Waals surface area (Å²) in [6.07, 6.45) is 3.24. The summed E-state index contributed by atoms with van der Waals surface area (Å²) in [4.78, 5) is 36.1. The molecular weight excluding hydrogens is 318 g/mol. The zero-order valence-electron chi connectivity index (χ0n) is 12.4. The molecule has 2 fully saturated rings. The molecule has 2 N–H and O–H groups in total. The number of thioether (sulfide) groups is 1. The van der Waals surface area contributed by atoms with Crippen LogP contribution in [0.3, 0.4) is 0 Å². The van der Waals surface area contributed by atoms with Crippen LogP contribution in [0.2, 0.25) is 0 Å². The number of amides is 2. The fourth-order valence-corrected chi connectivity index (χ4v) is 3.13. The van der Waals surface area contributed by atoms with Gasteiger partial charge in [-0.25, -0.2) is 9.97 Å². The monoisotopic (exact) mass is 335 g/mol. The van der Waals surface area contributed by atoms with Crippen molar-refractivity contribution in [3.63, 3.8) is 0 Å². The number of hydrogen-bond donors (Lipinski definition) is 2. The van der Waals surface area contributed by atoms with E-state index >= 15 is 0 Å². The fourth-order valence-electron chi connectivity index (χ4n) is 2.46. The summed E-state index contributed by atoms with van der Waals surface area (Å²) >= 11 is 0.873. The van der Waals surface area contributed by atoms with Crippen LogP contribution in [0, 0.1) is 0 Å². The van der Waals surface area contributed by atoms with E-state index in [1.54, 1.807) is 18.3 Å². The Bertz CT molecular complexity index is 643. The van der Waals surface area contributed by atoms with Crippen LogP contribution in [-0.2, 0) is 4.79 Å². The fraction of sp³-hybridized carbons (Fsp3) is 0.429. The normalized spacial score (nSPS) is 21.1. The second kappa shape index (κ2) is 7.07. The van der Waals surface area contributed by atoms with E-state index in [9.17, 15) is 9.59 Å². The number of aliphatic hydroxyl groups is 1. The number of imide groups is 1. The lowest BCUT2D eigenvalue weighted by molar-refractivity contribution is -0.115. The number of carbonyl (C=O) groups excluding carboxylic acids is 2. The summed E-state index contributed by atoms with van der Waals surface area (Å²) in [5, 5.41) is 10.8. The van der Waals surface area contributed by atoms with E-state index in [0.29, 0.717) is 23.1 Å². The standard InChI is InChI=1S/C14H17N5O3S/c20-8-7-18-3-5-19(6-4-18)13-15-2-1-10(16-13)9-11-12(21)17-14(22)23-11/h1-2,9,20H,3-8H2,(H,17,21,22)/b11-9-. The van der Waals surface area contributed by atoms with Crippen molar-refractivity contribution in [2.45, 2.75) is 0 Å². The number of anilines is 1. The van der Waals surface area contributed by atoms with Crippen molar-refractivity contribution < 1.29 is 14.7 Å². The highest BCUT2D eigenvalue weighted by molar-refractivity contribution is 8.18. The number of hydrogen-bond acceptors (Lipinski definition) is 8. The Morgan fingerprint density at radius 3 is 2.74 bits per heavy atom. The van der Waals surface area contributed by atoms with Gasteiger partial charge in [0.25, 0.3) is 11.1 Å². The number of aromatic nitrogens is 2. The third kappa shape index (κ3) is 3.87. The Hall–Kier alpha value is -1.97. The number of piperazine rings is 1. The zero-order valence-corrected chi connectivity index (χ0v) is 13.3. The zero-order chi connectivity index (χ0) is 16.2. The molecule has 3 heterocycles. The van der Waals surface area contributed by atoms with Crippen molar-refractivity contribution >= 4 is 34.9 Å². The highest BCUT2D eigenvalue weighted by atomic mass is 32.2. The molecule has 2 aliphatic heterocycles. The SMILES string of the molecule is O=C1NC(=O)/C(=C/c2ccnc(N3CCN(CCO)CC3)n2)S1. The van der Waals surface area contributed by atoms with Crippen molar-refractivity contribution in [3.05, 3.63) is 22.9 Å². The molecule has 9 heteroatoms. The second-order valence-corrected chi connectivity index (χ2v) is 6.20. The molecule has 0 aliphatic carbocycles. The van der Waals surface area contributed by atoms with Gasteiger partial charge in [-0.15, -0.1) is 0 Å². The van der Waals surface area contributed by atoms with Gasteiger partial charge in [-0.3, -0.25) is 19.8 Å². The Morgan fingerprint density at radius 2 is 2.09 bits per heavy atom. The van der Waals surface area contributed by atoms with E-state index < -0.39 is 5.91 Å². The van der Waals surface area contributed by atoms with E-state index in [0.717, 1.165) is 37.9 Å². The van der Waals surface area contributed by atoms with Crippen LogP contribution in [0.15, 0.2) is 17.2 Å². The molecule has 0 spiro atoms.